The molecule has 0 atom stereocenters. The molecule has 0 bridgehead atoms. The zero-order chi connectivity index (χ0) is 16.9. The molecule has 0 aliphatic rings. The fraction of sp³-hybridized carbons (Fsp3) is 0.333. The molecular formula is C21H28OSi. The van der Waals surface area contributed by atoms with Crippen LogP contribution in [-0.4, -0.2) is 14.4 Å². The minimum atomic E-state index is -1.90. The highest BCUT2D eigenvalue weighted by molar-refractivity contribution is 6.86. The predicted octanol–water partition coefficient (Wildman–Crippen LogP) is 5.37. The molecule has 0 aliphatic heterocycles. The second kappa shape index (κ2) is 7.76. The molecule has 0 heterocycles. The third-order valence-electron chi connectivity index (χ3n) is 4.46. The number of benzene rings is 2. The summed E-state index contributed by atoms with van der Waals surface area (Å²) >= 11 is 0. The third-order valence-corrected chi connectivity index (χ3v) is 9.03. The second-order valence-electron chi connectivity index (χ2n) is 6.29. The Morgan fingerprint density at radius 2 is 1.57 bits per heavy atom. The van der Waals surface area contributed by atoms with E-state index in [0.29, 0.717) is 0 Å². The Bertz CT molecular complexity index is 642. The molecule has 2 aromatic carbocycles. The quantitative estimate of drug-likeness (QED) is 0.623. The summed E-state index contributed by atoms with van der Waals surface area (Å²) in [5.41, 5.74) is 3.45. The van der Waals surface area contributed by atoms with Crippen molar-refractivity contribution in [3.05, 3.63) is 72.3 Å². The van der Waals surface area contributed by atoms with Crippen LogP contribution < -0.4 is 5.19 Å². The third kappa shape index (κ3) is 4.01. The van der Waals surface area contributed by atoms with Gasteiger partial charge >= 0.3 is 0 Å². The summed E-state index contributed by atoms with van der Waals surface area (Å²) in [5.74, 6) is 0. The van der Waals surface area contributed by atoms with Gasteiger partial charge in [0.25, 0.3) is 0 Å². The van der Waals surface area contributed by atoms with Gasteiger partial charge in [0.2, 0.25) is 8.32 Å². The van der Waals surface area contributed by atoms with E-state index in [1.165, 1.54) is 16.3 Å². The van der Waals surface area contributed by atoms with E-state index < -0.39 is 8.32 Å². The molecule has 0 amide bonds. The Hall–Kier alpha value is -1.64. The molecule has 0 N–H and O–H groups in total. The first kappa shape index (κ1) is 17.7. The molecule has 0 aromatic heterocycles. The van der Waals surface area contributed by atoms with E-state index in [1.807, 2.05) is 6.07 Å². The van der Waals surface area contributed by atoms with Gasteiger partial charge in [-0.2, -0.15) is 0 Å². The maximum Gasteiger partial charge on any atom is 0.224 e. The van der Waals surface area contributed by atoms with Crippen LogP contribution in [0.3, 0.4) is 0 Å². The Balaban J connectivity index is 2.40. The van der Waals surface area contributed by atoms with Crippen LogP contribution in [0.25, 0.3) is 5.57 Å². The summed E-state index contributed by atoms with van der Waals surface area (Å²) in [6.45, 7) is 13.1. The summed E-state index contributed by atoms with van der Waals surface area (Å²) < 4.78 is 6.47. The highest BCUT2D eigenvalue weighted by atomic mass is 28.4. The fourth-order valence-corrected chi connectivity index (χ4v) is 6.65. The van der Waals surface area contributed by atoms with Crippen molar-refractivity contribution < 1.29 is 4.43 Å². The SMILES string of the molecule is C=C(c1ccccc1)c1cccc([Si](CC)(CC)OC(C)C)c1. The summed E-state index contributed by atoms with van der Waals surface area (Å²) in [6.07, 6.45) is 0.266. The van der Waals surface area contributed by atoms with Crippen LogP contribution in [0.4, 0.5) is 0 Å². The summed E-state index contributed by atoms with van der Waals surface area (Å²) in [7, 11) is -1.90. The van der Waals surface area contributed by atoms with Crippen LogP contribution in [-0.2, 0) is 4.43 Å². The van der Waals surface area contributed by atoms with E-state index >= 15 is 0 Å². The largest absolute Gasteiger partial charge is 0.410 e. The molecule has 1 nitrogen and oxygen atoms in total. The molecule has 2 rings (SSSR count). The first-order chi connectivity index (χ1) is 11.0. The molecule has 0 saturated carbocycles. The first-order valence-electron chi connectivity index (χ1n) is 8.55. The van der Waals surface area contributed by atoms with Crippen molar-refractivity contribution in [2.75, 3.05) is 0 Å². The van der Waals surface area contributed by atoms with E-state index in [-0.39, 0.29) is 6.10 Å². The van der Waals surface area contributed by atoms with Crippen LogP contribution in [0.2, 0.25) is 12.1 Å². The van der Waals surface area contributed by atoms with Crippen molar-refractivity contribution in [2.24, 2.45) is 0 Å². The van der Waals surface area contributed by atoms with Gasteiger partial charge in [0, 0.05) is 6.10 Å². The Kier molecular flexibility index (Phi) is 5.97. The monoisotopic (exact) mass is 324 g/mol. The summed E-state index contributed by atoms with van der Waals surface area (Å²) in [6, 6.07) is 21.4. The lowest BCUT2D eigenvalue weighted by molar-refractivity contribution is 0.232. The van der Waals surface area contributed by atoms with Crippen LogP contribution >= 0.6 is 0 Å². The molecule has 2 aromatic rings. The number of rotatable bonds is 7. The summed E-state index contributed by atoms with van der Waals surface area (Å²) in [4.78, 5) is 0. The van der Waals surface area contributed by atoms with Crippen molar-refractivity contribution in [3.63, 3.8) is 0 Å². The van der Waals surface area contributed by atoms with E-state index in [1.54, 1.807) is 0 Å². The average Bonchev–Trinajstić information content (AvgIpc) is 2.59. The van der Waals surface area contributed by atoms with Crippen LogP contribution in [0.5, 0.6) is 0 Å². The smallest absolute Gasteiger partial charge is 0.224 e. The van der Waals surface area contributed by atoms with Gasteiger partial charge < -0.3 is 4.43 Å². The second-order valence-corrected chi connectivity index (χ2v) is 10.5. The predicted molar refractivity (Wildman–Crippen MR) is 104 cm³/mol. The Labute approximate surface area is 142 Å². The first-order valence-corrected chi connectivity index (χ1v) is 10.9. The molecule has 0 spiro atoms. The lowest BCUT2D eigenvalue weighted by Gasteiger charge is -2.32. The molecule has 0 saturated heterocycles. The molecule has 23 heavy (non-hydrogen) atoms. The van der Waals surface area contributed by atoms with Crippen LogP contribution in [0.15, 0.2) is 61.2 Å². The average molecular weight is 325 g/mol. The summed E-state index contributed by atoms with van der Waals surface area (Å²) in [5, 5.41) is 1.38. The van der Waals surface area contributed by atoms with Gasteiger partial charge in [-0.3, -0.25) is 0 Å². The zero-order valence-electron chi connectivity index (χ0n) is 14.8. The van der Waals surface area contributed by atoms with Gasteiger partial charge in [0.05, 0.1) is 0 Å². The highest BCUT2D eigenvalue weighted by Crippen LogP contribution is 2.24. The minimum absolute atomic E-state index is 0.266. The van der Waals surface area contributed by atoms with Gasteiger partial charge in [0.1, 0.15) is 0 Å². The molecule has 0 radical (unpaired) electrons. The fourth-order valence-electron chi connectivity index (χ4n) is 3.14. The highest BCUT2D eigenvalue weighted by Gasteiger charge is 2.34. The standard InChI is InChI=1S/C21H28OSi/c1-6-23(7-2,22-17(3)4)21-15-11-14-20(16-21)18(5)19-12-9-8-10-13-19/h8-17H,5-7H2,1-4H3. The van der Waals surface area contributed by atoms with Crippen molar-refractivity contribution in [2.45, 2.75) is 45.9 Å². The van der Waals surface area contributed by atoms with Crippen molar-refractivity contribution >= 4 is 19.1 Å². The molecule has 0 fully saturated rings. The lowest BCUT2D eigenvalue weighted by atomic mass is 10.00. The maximum absolute atomic E-state index is 6.47. The molecule has 0 unspecified atom stereocenters. The van der Waals surface area contributed by atoms with Crippen LogP contribution in [0.1, 0.15) is 38.8 Å². The zero-order valence-corrected chi connectivity index (χ0v) is 15.8. The van der Waals surface area contributed by atoms with Crippen LogP contribution in [0, 0.1) is 0 Å². The van der Waals surface area contributed by atoms with Crippen molar-refractivity contribution in [3.8, 4) is 0 Å². The van der Waals surface area contributed by atoms with Crippen molar-refractivity contribution in [1.29, 1.82) is 0 Å². The number of hydrogen-bond donors (Lipinski definition) is 0. The van der Waals surface area contributed by atoms with E-state index in [4.69, 9.17) is 4.43 Å². The molecular weight excluding hydrogens is 296 g/mol. The topological polar surface area (TPSA) is 9.23 Å². The van der Waals surface area contributed by atoms with E-state index in [9.17, 15) is 0 Å². The van der Waals surface area contributed by atoms with E-state index in [2.05, 4.69) is 82.8 Å². The van der Waals surface area contributed by atoms with Gasteiger partial charge in [-0.15, -0.1) is 0 Å². The van der Waals surface area contributed by atoms with Gasteiger partial charge in [-0.25, -0.2) is 0 Å². The molecule has 2 heteroatoms. The Morgan fingerprint density at radius 3 is 2.13 bits per heavy atom. The lowest BCUT2D eigenvalue weighted by Crippen LogP contribution is -2.51. The minimum Gasteiger partial charge on any atom is -0.410 e. The van der Waals surface area contributed by atoms with Gasteiger partial charge in [-0.1, -0.05) is 75.0 Å². The van der Waals surface area contributed by atoms with Gasteiger partial charge in [-0.05, 0) is 47.8 Å². The molecule has 122 valence electrons. The normalized spacial score (nSPS) is 11.7. The molecule has 0 aliphatic carbocycles. The van der Waals surface area contributed by atoms with Crippen molar-refractivity contribution in [1.82, 2.24) is 0 Å². The number of hydrogen-bond acceptors (Lipinski definition) is 1. The maximum atomic E-state index is 6.47. The van der Waals surface area contributed by atoms with E-state index in [0.717, 1.165) is 17.7 Å². The Morgan fingerprint density at radius 1 is 0.957 bits per heavy atom. The van der Waals surface area contributed by atoms with Gasteiger partial charge in [0.15, 0.2) is 0 Å².